The van der Waals surface area contributed by atoms with Crippen molar-refractivity contribution < 1.29 is 0 Å². The highest BCUT2D eigenvalue weighted by Crippen LogP contribution is 2.17. The van der Waals surface area contributed by atoms with Crippen molar-refractivity contribution in [3.8, 4) is 0 Å². The van der Waals surface area contributed by atoms with E-state index in [4.69, 9.17) is 0 Å². The van der Waals surface area contributed by atoms with Crippen LogP contribution in [0.4, 0.5) is 0 Å². The van der Waals surface area contributed by atoms with Crippen LogP contribution in [0.1, 0.15) is 59.3 Å². The van der Waals surface area contributed by atoms with E-state index in [1.165, 1.54) is 44.3 Å². The van der Waals surface area contributed by atoms with E-state index >= 15 is 0 Å². The molecule has 0 aromatic heterocycles. The summed E-state index contributed by atoms with van der Waals surface area (Å²) < 4.78 is 0. The molecule has 0 aliphatic carbocycles. The molecule has 102 valence electrons. The first-order valence-electron chi connectivity index (χ1n) is 7.20. The third-order valence-electron chi connectivity index (χ3n) is 3.11. The highest BCUT2D eigenvalue weighted by Gasteiger charge is 2.09. The molecule has 0 heterocycles. The van der Waals surface area contributed by atoms with E-state index in [0.717, 1.165) is 11.8 Å². The third-order valence-corrected chi connectivity index (χ3v) is 4.61. The summed E-state index contributed by atoms with van der Waals surface area (Å²) in [6.07, 6.45) is 9.82. The first kappa shape index (κ1) is 17.1. The van der Waals surface area contributed by atoms with Gasteiger partial charge in [0.2, 0.25) is 0 Å². The quantitative estimate of drug-likeness (QED) is 0.404. The van der Waals surface area contributed by atoms with E-state index in [-0.39, 0.29) is 0 Å². The Labute approximate surface area is 113 Å². The normalized spacial score (nSPS) is 14.5. The number of allylic oxidation sites excluding steroid dienone is 1. The summed E-state index contributed by atoms with van der Waals surface area (Å²) in [6, 6.07) is 0.711. The first-order valence-corrected chi connectivity index (χ1v) is 8.25. The van der Waals surface area contributed by atoms with E-state index in [2.05, 4.69) is 44.4 Å². The summed E-state index contributed by atoms with van der Waals surface area (Å²) in [4.78, 5) is 0. The monoisotopic (exact) mass is 257 g/mol. The van der Waals surface area contributed by atoms with Gasteiger partial charge in [0.25, 0.3) is 0 Å². The predicted octanol–water partition coefficient (Wildman–Crippen LogP) is 4.63. The summed E-state index contributed by atoms with van der Waals surface area (Å²) in [6.45, 7) is 11.7. The SMILES string of the molecule is C=CCCCCCC(CSC(C)CC)NCC. The Morgan fingerprint density at radius 2 is 2.00 bits per heavy atom. The van der Waals surface area contributed by atoms with Crippen LogP contribution in [0, 0.1) is 0 Å². The molecule has 2 unspecified atom stereocenters. The van der Waals surface area contributed by atoms with Gasteiger partial charge in [0.05, 0.1) is 0 Å². The molecule has 0 saturated heterocycles. The lowest BCUT2D eigenvalue weighted by molar-refractivity contribution is 0.502. The molecular formula is C15H31NS. The maximum atomic E-state index is 3.77. The van der Waals surface area contributed by atoms with Crippen molar-refractivity contribution in [2.45, 2.75) is 70.6 Å². The molecule has 0 saturated carbocycles. The third kappa shape index (κ3) is 10.9. The minimum Gasteiger partial charge on any atom is -0.313 e. The molecule has 17 heavy (non-hydrogen) atoms. The summed E-state index contributed by atoms with van der Waals surface area (Å²) in [5, 5.41) is 4.41. The molecule has 0 amide bonds. The van der Waals surface area contributed by atoms with E-state index < -0.39 is 0 Å². The van der Waals surface area contributed by atoms with Crippen LogP contribution in [0.15, 0.2) is 12.7 Å². The van der Waals surface area contributed by atoms with E-state index in [1.807, 2.05) is 6.08 Å². The number of hydrogen-bond acceptors (Lipinski definition) is 2. The van der Waals surface area contributed by atoms with E-state index in [9.17, 15) is 0 Å². The molecule has 0 aliphatic heterocycles. The van der Waals surface area contributed by atoms with Crippen LogP contribution in [0.25, 0.3) is 0 Å². The smallest absolute Gasteiger partial charge is 0.0158 e. The minimum absolute atomic E-state index is 0.711. The van der Waals surface area contributed by atoms with Gasteiger partial charge in [-0.15, -0.1) is 6.58 Å². The van der Waals surface area contributed by atoms with Crippen molar-refractivity contribution in [1.82, 2.24) is 5.32 Å². The topological polar surface area (TPSA) is 12.0 Å². The van der Waals surface area contributed by atoms with Crippen molar-refractivity contribution in [3.05, 3.63) is 12.7 Å². The predicted molar refractivity (Wildman–Crippen MR) is 83.0 cm³/mol. The number of nitrogens with one attached hydrogen (secondary N) is 1. The zero-order chi connectivity index (χ0) is 12.9. The zero-order valence-corrected chi connectivity index (χ0v) is 12.8. The fourth-order valence-corrected chi connectivity index (χ4v) is 2.87. The van der Waals surface area contributed by atoms with Crippen molar-refractivity contribution in [3.63, 3.8) is 0 Å². The molecule has 0 aliphatic rings. The molecular weight excluding hydrogens is 226 g/mol. The molecule has 2 heteroatoms. The molecule has 0 aromatic carbocycles. The van der Waals surface area contributed by atoms with Crippen LogP contribution in [-0.4, -0.2) is 23.6 Å². The number of unbranched alkanes of at least 4 members (excludes halogenated alkanes) is 3. The lowest BCUT2D eigenvalue weighted by atomic mass is 10.1. The number of rotatable bonds is 12. The van der Waals surface area contributed by atoms with Crippen LogP contribution >= 0.6 is 11.8 Å². The number of thioether (sulfide) groups is 1. The zero-order valence-electron chi connectivity index (χ0n) is 12.0. The number of hydrogen-bond donors (Lipinski definition) is 1. The molecule has 1 nitrogen and oxygen atoms in total. The summed E-state index contributed by atoms with van der Waals surface area (Å²) >= 11 is 2.11. The van der Waals surface area contributed by atoms with Gasteiger partial charge in [-0.3, -0.25) is 0 Å². The van der Waals surface area contributed by atoms with Gasteiger partial charge >= 0.3 is 0 Å². The van der Waals surface area contributed by atoms with Crippen molar-refractivity contribution >= 4 is 11.8 Å². The standard InChI is InChI=1S/C15H31NS/c1-5-8-9-10-11-12-15(16-7-3)13-17-14(4)6-2/h5,14-16H,1,6-13H2,2-4H3. The largest absolute Gasteiger partial charge is 0.313 e. The van der Waals surface area contributed by atoms with Crippen LogP contribution in [-0.2, 0) is 0 Å². The first-order chi connectivity index (χ1) is 8.24. The van der Waals surface area contributed by atoms with Gasteiger partial charge in [0.1, 0.15) is 0 Å². The fourth-order valence-electron chi connectivity index (χ4n) is 1.79. The molecule has 0 fully saturated rings. The average Bonchev–Trinajstić information content (AvgIpc) is 2.35. The lowest BCUT2D eigenvalue weighted by Crippen LogP contribution is -2.31. The van der Waals surface area contributed by atoms with Gasteiger partial charge in [-0.25, -0.2) is 0 Å². The molecule has 2 atom stereocenters. The maximum Gasteiger partial charge on any atom is 0.0158 e. The highest BCUT2D eigenvalue weighted by molar-refractivity contribution is 7.99. The molecule has 0 aromatic rings. The van der Waals surface area contributed by atoms with Crippen molar-refractivity contribution in [2.24, 2.45) is 0 Å². The second-order valence-electron chi connectivity index (χ2n) is 4.73. The van der Waals surface area contributed by atoms with Crippen molar-refractivity contribution in [2.75, 3.05) is 12.3 Å². The van der Waals surface area contributed by atoms with Gasteiger partial charge in [0, 0.05) is 17.0 Å². The summed E-state index contributed by atoms with van der Waals surface area (Å²) in [5.74, 6) is 1.27. The fraction of sp³-hybridized carbons (Fsp3) is 0.867. The lowest BCUT2D eigenvalue weighted by Gasteiger charge is -2.19. The molecule has 0 bridgehead atoms. The molecule has 0 radical (unpaired) electrons. The Balaban J connectivity index is 3.62. The second-order valence-corrected chi connectivity index (χ2v) is 6.20. The van der Waals surface area contributed by atoms with Crippen LogP contribution in [0.5, 0.6) is 0 Å². The van der Waals surface area contributed by atoms with Crippen LogP contribution in [0.3, 0.4) is 0 Å². The summed E-state index contributed by atoms with van der Waals surface area (Å²) in [7, 11) is 0. The highest BCUT2D eigenvalue weighted by atomic mass is 32.2. The van der Waals surface area contributed by atoms with Crippen molar-refractivity contribution in [1.29, 1.82) is 0 Å². The Kier molecular flexibility index (Phi) is 12.5. The summed E-state index contributed by atoms with van der Waals surface area (Å²) in [5.41, 5.74) is 0. The van der Waals surface area contributed by atoms with Gasteiger partial charge in [-0.05, 0) is 32.2 Å². The molecule has 0 spiro atoms. The van der Waals surface area contributed by atoms with Gasteiger partial charge in [0.15, 0.2) is 0 Å². The van der Waals surface area contributed by atoms with Crippen LogP contribution < -0.4 is 5.32 Å². The minimum atomic E-state index is 0.711. The van der Waals surface area contributed by atoms with Crippen LogP contribution in [0.2, 0.25) is 0 Å². The Morgan fingerprint density at radius 1 is 1.24 bits per heavy atom. The van der Waals surface area contributed by atoms with Gasteiger partial charge < -0.3 is 5.32 Å². The van der Waals surface area contributed by atoms with Gasteiger partial charge in [-0.2, -0.15) is 11.8 Å². The average molecular weight is 257 g/mol. The Morgan fingerprint density at radius 3 is 2.59 bits per heavy atom. The van der Waals surface area contributed by atoms with E-state index in [0.29, 0.717) is 6.04 Å². The Bertz CT molecular complexity index is 170. The maximum absolute atomic E-state index is 3.77. The molecule has 1 N–H and O–H groups in total. The van der Waals surface area contributed by atoms with Gasteiger partial charge in [-0.1, -0.05) is 39.7 Å². The second kappa shape index (κ2) is 12.5. The Hall–Kier alpha value is 0.0500. The molecule has 0 rings (SSSR count). The van der Waals surface area contributed by atoms with E-state index in [1.54, 1.807) is 0 Å².